The van der Waals surface area contributed by atoms with Crippen molar-refractivity contribution in [3.63, 3.8) is 0 Å². The second-order valence-electron chi connectivity index (χ2n) is 4.94. The predicted octanol–water partition coefficient (Wildman–Crippen LogP) is 2.63. The summed E-state index contributed by atoms with van der Waals surface area (Å²) in [6, 6.07) is 6.63. The number of hydrogen-bond acceptors (Lipinski definition) is 5. The largest absolute Gasteiger partial charge is 0.423 e. The number of ether oxygens (including phenoxy) is 1. The lowest BCUT2D eigenvalue weighted by Crippen LogP contribution is -2.40. The van der Waals surface area contributed by atoms with Crippen molar-refractivity contribution in [1.82, 2.24) is 10.2 Å². The van der Waals surface area contributed by atoms with Crippen LogP contribution in [-0.4, -0.2) is 29.5 Å². The number of aryl methyl sites for hydroxylation is 1. The van der Waals surface area contributed by atoms with Crippen molar-refractivity contribution in [3.8, 4) is 11.5 Å². The number of anilines is 1. The topological polar surface area (TPSA) is 60.2 Å². The monoisotopic (exact) mass is 259 g/mol. The SMILES string of the molecule is COC1CC(Nc2ccc(-c3nnco3)cc2C)C1. The van der Waals surface area contributed by atoms with E-state index in [1.165, 1.54) is 12.0 Å². The molecule has 2 aromatic rings. The van der Waals surface area contributed by atoms with Gasteiger partial charge in [0.25, 0.3) is 0 Å². The second-order valence-corrected chi connectivity index (χ2v) is 4.94. The van der Waals surface area contributed by atoms with E-state index in [4.69, 9.17) is 9.15 Å². The van der Waals surface area contributed by atoms with E-state index in [-0.39, 0.29) is 0 Å². The van der Waals surface area contributed by atoms with Gasteiger partial charge in [-0.1, -0.05) is 0 Å². The van der Waals surface area contributed by atoms with Crippen LogP contribution in [0.15, 0.2) is 29.0 Å². The van der Waals surface area contributed by atoms with Crippen molar-refractivity contribution in [1.29, 1.82) is 0 Å². The summed E-state index contributed by atoms with van der Waals surface area (Å²) >= 11 is 0. The molecule has 0 saturated heterocycles. The fourth-order valence-corrected chi connectivity index (χ4v) is 2.35. The molecule has 5 nitrogen and oxygen atoms in total. The zero-order chi connectivity index (χ0) is 13.2. The van der Waals surface area contributed by atoms with E-state index in [1.54, 1.807) is 7.11 Å². The minimum absolute atomic E-state index is 0.412. The average molecular weight is 259 g/mol. The molecule has 1 fully saturated rings. The first-order valence-electron chi connectivity index (χ1n) is 6.43. The Morgan fingerprint density at radius 1 is 1.37 bits per heavy atom. The van der Waals surface area contributed by atoms with Crippen LogP contribution in [0.5, 0.6) is 0 Å². The van der Waals surface area contributed by atoms with E-state index in [1.807, 2.05) is 6.07 Å². The maximum atomic E-state index is 5.28. The molecule has 5 heteroatoms. The van der Waals surface area contributed by atoms with Crippen LogP contribution < -0.4 is 5.32 Å². The molecule has 1 aliphatic carbocycles. The zero-order valence-corrected chi connectivity index (χ0v) is 11.1. The van der Waals surface area contributed by atoms with Crippen molar-refractivity contribution in [2.24, 2.45) is 0 Å². The van der Waals surface area contributed by atoms with Gasteiger partial charge in [-0.25, -0.2) is 0 Å². The van der Waals surface area contributed by atoms with Crippen LogP contribution in [0.25, 0.3) is 11.5 Å². The van der Waals surface area contributed by atoms with Gasteiger partial charge in [0.1, 0.15) is 0 Å². The van der Waals surface area contributed by atoms with Gasteiger partial charge in [-0.15, -0.1) is 10.2 Å². The fourth-order valence-electron chi connectivity index (χ4n) is 2.35. The van der Waals surface area contributed by atoms with Crippen LogP contribution in [0, 0.1) is 6.92 Å². The van der Waals surface area contributed by atoms with Crippen molar-refractivity contribution in [3.05, 3.63) is 30.2 Å². The molecule has 0 unspecified atom stereocenters. The normalized spacial score (nSPS) is 22.0. The molecule has 0 atom stereocenters. The van der Waals surface area contributed by atoms with Gasteiger partial charge >= 0.3 is 0 Å². The minimum Gasteiger partial charge on any atom is -0.423 e. The lowest BCUT2D eigenvalue weighted by molar-refractivity contribution is 0.0328. The minimum atomic E-state index is 0.412. The number of aromatic nitrogens is 2. The summed E-state index contributed by atoms with van der Waals surface area (Å²) in [5, 5.41) is 11.1. The van der Waals surface area contributed by atoms with E-state index in [9.17, 15) is 0 Å². The van der Waals surface area contributed by atoms with Crippen LogP contribution in [-0.2, 0) is 4.74 Å². The summed E-state index contributed by atoms with van der Waals surface area (Å²) in [6.45, 7) is 2.08. The lowest BCUT2D eigenvalue weighted by atomic mass is 9.89. The summed E-state index contributed by atoms with van der Waals surface area (Å²) < 4.78 is 10.5. The van der Waals surface area contributed by atoms with E-state index in [2.05, 4.69) is 34.6 Å². The van der Waals surface area contributed by atoms with Crippen LogP contribution in [0.3, 0.4) is 0 Å². The van der Waals surface area contributed by atoms with Gasteiger partial charge in [0.15, 0.2) is 0 Å². The predicted molar refractivity (Wildman–Crippen MR) is 71.9 cm³/mol. The van der Waals surface area contributed by atoms with Gasteiger partial charge in [-0.05, 0) is 43.5 Å². The number of hydrogen-bond donors (Lipinski definition) is 1. The van der Waals surface area contributed by atoms with Crippen LogP contribution in [0.2, 0.25) is 0 Å². The molecule has 1 N–H and O–H groups in total. The average Bonchev–Trinajstić information content (AvgIpc) is 2.88. The first-order valence-corrected chi connectivity index (χ1v) is 6.43. The molecular formula is C14H17N3O2. The molecule has 1 aromatic heterocycles. The van der Waals surface area contributed by atoms with Crippen LogP contribution in [0.1, 0.15) is 18.4 Å². The fraction of sp³-hybridized carbons (Fsp3) is 0.429. The lowest BCUT2D eigenvalue weighted by Gasteiger charge is -2.35. The Morgan fingerprint density at radius 2 is 2.21 bits per heavy atom. The Bertz CT molecular complexity index is 548. The summed E-state index contributed by atoms with van der Waals surface area (Å²) in [5.74, 6) is 0.553. The second kappa shape index (κ2) is 5.01. The third-order valence-corrected chi connectivity index (χ3v) is 3.62. The van der Waals surface area contributed by atoms with Crippen molar-refractivity contribution < 1.29 is 9.15 Å². The molecule has 1 heterocycles. The van der Waals surface area contributed by atoms with Crippen molar-refractivity contribution in [2.45, 2.75) is 31.9 Å². The molecule has 1 saturated carbocycles. The van der Waals surface area contributed by atoms with Crippen LogP contribution >= 0.6 is 0 Å². The van der Waals surface area contributed by atoms with Gasteiger partial charge in [0.05, 0.1) is 6.10 Å². The molecule has 19 heavy (non-hydrogen) atoms. The Balaban J connectivity index is 1.70. The number of nitrogens with one attached hydrogen (secondary N) is 1. The van der Waals surface area contributed by atoms with Gasteiger partial charge in [0, 0.05) is 24.4 Å². The standard InChI is InChI=1S/C14H17N3O2/c1-9-5-10(14-17-15-8-19-14)3-4-13(9)16-11-6-12(7-11)18-2/h3-5,8,11-12,16H,6-7H2,1-2H3. The van der Waals surface area contributed by atoms with Crippen LogP contribution in [0.4, 0.5) is 5.69 Å². The van der Waals surface area contributed by atoms with E-state index in [0.717, 1.165) is 24.1 Å². The Kier molecular flexibility index (Phi) is 3.21. The summed E-state index contributed by atoms with van der Waals surface area (Å²) in [5.41, 5.74) is 3.28. The van der Waals surface area contributed by atoms with E-state index in [0.29, 0.717) is 18.0 Å². The number of benzene rings is 1. The molecule has 1 aromatic carbocycles. The third kappa shape index (κ3) is 2.46. The summed E-state index contributed by atoms with van der Waals surface area (Å²) in [7, 11) is 1.77. The third-order valence-electron chi connectivity index (χ3n) is 3.62. The highest BCUT2D eigenvalue weighted by Crippen LogP contribution is 2.29. The van der Waals surface area contributed by atoms with E-state index >= 15 is 0 Å². The number of nitrogens with zero attached hydrogens (tertiary/aromatic N) is 2. The smallest absolute Gasteiger partial charge is 0.247 e. The highest BCUT2D eigenvalue weighted by molar-refractivity contribution is 5.62. The Morgan fingerprint density at radius 3 is 2.84 bits per heavy atom. The van der Waals surface area contributed by atoms with Gasteiger partial charge in [0.2, 0.25) is 12.3 Å². The Labute approximate surface area is 112 Å². The quantitative estimate of drug-likeness (QED) is 0.914. The molecular weight excluding hydrogens is 242 g/mol. The number of methoxy groups -OCH3 is 1. The highest BCUT2D eigenvalue weighted by atomic mass is 16.5. The van der Waals surface area contributed by atoms with Gasteiger partial charge in [-0.3, -0.25) is 0 Å². The summed E-state index contributed by atoms with van der Waals surface area (Å²) in [4.78, 5) is 0. The maximum absolute atomic E-state index is 5.28. The van der Waals surface area contributed by atoms with E-state index < -0.39 is 0 Å². The van der Waals surface area contributed by atoms with Gasteiger partial charge < -0.3 is 14.5 Å². The molecule has 0 aliphatic heterocycles. The highest BCUT2D eigenvalue weighted by Gasteiger charge is 2.28. The molecule has 0 radical (unpaired) electrons. The zero-order valence-electron chi connectivity index (χ0n) is 11.1. The summed E-state index contributed by atoms with van der Waals surface area (Å²) in [6.07, 6.45) is 3.90. The molecule has 0 bridgehead atoms. The molecule has 0 amide bonds. The Hall–Kier alpha value is -1.88. The van der Waals surface area contributed by atoms with Gasteiger partial charge in [-0.2, -0.15) is 0 Å². The number of rotatable bonds is 4. The maximum Gasteiger partial charge on any atom is 0.247 e. The molecule has 0 spiro atoms. The van der Waals surface area contributed by atoms with Crippen molar-refractivity contribution >= 4 is 5.69 Å². The molecule has 1 aliphatic rings. The first kappa shape index (κ1) is 12.2. The molecule has 3 rings (SSSR count). The first-order chi connectivity index (χ1) is 9.26. The molecule has 100 valence electrons. The van der Waals surface area contributed by atoms with Crippen molar-refractivity contribution in [2.75, 3.05) is 12.4 Å².